The van der Waals surface area contributed by atoms with Gasteiger partial charge < -0.3 is 10.5 Å². The van der Waals surface area contributed by atoms with Gasteiger partial charge >= 0.3 is 0 Å². The topological polar surface area (TPSA) is 98.3 Å². The maximum atomic E-state index is 5.82. The number of nitrogens with one attached hydrogen (secondary N) is 1. The smallest absolute Gasteiger partial charge is 0.205 e. The first kappa shape index (κ1) is 16.4. The molecule has 130 valence electrons. The van der Waals surface area contributed by atoms with Crippen molar-refractivity contribution in [3.05, 3.63) is 59.0 Å². The Kier molecular flexibility index (Phi) is 4.71. The van der Waals surface area contributed by atoms with Crippen molar-refractivity contribution in [3.8, 4) is 5.75 Å². The van der Waals surface area contributed by atoms with Gasteiger partial charge in [0.2, 0.25) is 5.13 Å². The first-order valence-corrected chi connectivity index (χ1v) is 9.31. The highest BCUT2D eigenvalue weighted by Gasteiger charge is 2.02. The third-order valence-corrected chi connectivity index (χ3v) is 4.82. The van der Waals surface area contributed by atoms with Crippen molar-refractivity contribution in [1.29, 1.82) is 0 Å². The summed E-state index contributed by atoms with van der Waals surface area (Å²) in [6, 6.07) is 13.6. The Morgan fingerprint density at radius 2 is 1.96 bits per heavy atom. The third kappa shape index (κ3) is 3.95. The van der Waals surface area contributed by atoms with Gasteiger partial charge in [-0.05, 0) is 47.5 Å². The maximum Gasteiger partial charge on any atom is 0.205 e. The summed E-state index contributed by atoms with van der Waals surface area (Å²) < 4.78 is 14.3. The average molecular weight is 382 g/mol. The van der Waals surface area contributed by atoms with Crippen LogP contribution in [0.5, 0.6) is 5.75 Å². The number of anilines is 2. The van der Waals surface area contributed by atoms with Crippen molar-refractivity contribution in [3.63, 3.8) is 0 Å². The molecule has 0 radical (unpaired) electrons. The maximum absolute atomic E-state index is 5.82. The van der Waals surface area contributed by atoms with Gasteiger partial charge in [0, 0.05) is 5.38 Å². The molecule has 7 nitrogen and oxygen atoms in total. The lowest BCUT2D eigenvalue weighted by atomic mass is 10.2. The van der Waals surface area contributed by atoms with Crippen LogP contribution in [0.4, 0.5) is 10.9 Å². The second-order valence-corrected chi connectivity index (χ2v) is 6.78. The molecular weight excluding hydrogens is 368 g/mol. The van der Waals surface area contributed by atoms with Gasteiger partial charge in [-0.2, -0.15) is 13.8 Å². The second-order valence-electron chi connectivity index (χ2n) is 5.39. The minimum atomic E-state index is 0.480. The highest BCUT2D eigenvalue weighted by molar-refractivity contribution is 7.14. The Hall–Kier alpha value is -3.04. The van der Waals surface area contributed by atoms with Gasteiger partial charge in [0.1, 0.15) is 29.2 Å². The van der Waals surface area contributed by atoms with E-state index in [0.29, 0.717) is 17.6 Å². The fourth-order valence-electron chi connectivity index (χ4n) is 2.23. The van der Waals surface area contributed by atoms with Crippen LogP contribution in [-0.2, 0) is 6.61 Å². The molecular formula is C17H14N6OS2. The van der Waals surface area contributed by atoms with Gasteiger partial charge in [-0.1, -0.05) is 6.07 Å². The van der Waals surface area contributed by atoms with Crippen LogP contribution in [0.3, 0.4) is 0 Å². The highest BCUT2D eigenvalue weighted by atomic mass is 32.1. The molecule has 0 spiro atoms. The molecule has 2 heterocycles. The Balaban J connectivity index is 1.33. The molecule has 4 rings (SSSR count). The summed E-state index contributed by atoms with van der Waals surface area (Å²) in [5, 5.41) is 6.55. The average Bonchev–Trinajstić information content (AvgIpc) is 3.29. The summed E-state index contributed by atoms with van der Waals surface area (Å²) in [5.41, 5.74) is 12.2. The number of thiazole rings is 1. The number of nitrogens with two attached hydrogens (primary N) is 1. The van der Waals surface area contributed by atoms with Crippen molar-refractivity contribution in [2.24, 2.45) is 5.10 Å². The van der Waals surface area contributed by atoms with Gasteiger partial charge in [-0.25, -0.2) is 4.98 Å². The summed E-state index contributed by atoms with van der Waals surface area (Å²) in [5.74, 6) is 1.28. The van der Waals surface area contributed by atoms with Gasteiger partial charge in [0.25, 0.3) is 0 Å². The Labute approximate surface area is 157 Å². The van der Waals surface area contributed by atoms with E-state index >= 15 is 0 Å². The first-order chi connectivity index (χ1) is 12.8. The van der Waals surface area contributed by atoms with E-state index in [2.05, 4.69) is 24.3 Å². The van der Waals surface area contributed by atoms with E-state index in [1.165, 1.54) is 23.1 Å². The van der Waals surface area contributed by atoms with E-state index in [1.54, 1.807) is 11.6 Å². The number of fused-ring (bicyclic) bond motifs is 1. The van der Waals surface area contributed by atoms with Crippen molar-refractivity contribution in [2.75, 3.05) is 11.2 Å². The number of ether oxygens (including phenoxy) is 1. The number of hydrogen-bond acceptors (Lipinski definition) is 9. The Bertz CT molecular complexity index is 1040. The monoisotopic (exact) mass is 382 g/mol. The fourth-order valence-corrected chi connectivity index (χ4v) is 3.30. The lowest BCUT2D eigenvalue weighted by Crippen LogP contribution is -1.96. The molecule has 9 heteroatoms. The quantitative estimate of drug-likeness (QED) is 0.389. The summed E-state index contributed by atoms with van der Waals surface area (Å²) in [6.07, 6.45) is 1.71. The molecule has 26 heavy (non-hydrogen) atoms. The summed E-state index contributed by atoms with van der Waals surface area (Å²) in [7, 11) is 0. The van der Waals surface area contributed by atoms with Crippen LogP contribution >= 0.6 is 23.1 Å². The molecule has 0 amide bonds. The molecule has 0 atom stereocenters. The molecule has 0 unspecified atom stereocenters. The lowest BCUT2D eigenvalue weighted by Gasteiger charge is -2.06. The zero-order valence-corrected chi connectivity index (χ0v) is 15.1. The molecule has 0 aliphatic rings. The largest absolute Gasteiger partial charge is 0.489 e. The Morgan fingerprint density at radius 1 is 1.12 bits per heavy atom. The summed E-state index contributed by atoms with van der Waals surface area (Å²) in [6.45, 7) is 0.480. The normalized spacial score (nSPS) is 11.2. The van der Waals surface area contributed by atoms with E-state index in [1.807, 2.05) is 42.5 Å². The number of hydrazone groups is 1. The van der Waals surface area contributed by atoms with Crippen molar-refractivity contribution >= 4 is 51.3 Å². The van der Waals surface area contributed by atoms with E-state index in [-0.39, 0.29) is 0 Å². The van der Waals surface area contributed by atoms with Crippen LogP contribution in [0.1, 0.15) is 11.1 Å². The number of hydrogen-bond donors (Lipinski definition) is 2. The Morgan fingerprint density at radius 3 is 2.77 bits per heavy atom. The standard InChI is InChI=1S/C17H14N6OS2/c18-16-10-25-17(20-16)21-19-8-11-1-4-13(5-2-11)24-9-12-3-6-14-15(7-12)23-26-22-14/h1-8,10H,9,18H2,(H,20,21). The predicted molar refractivity (Wildman–Crippen MR) is 106 cm³/mol. The SMILES string of the molecule is Nc1csc(NN=Cc2ccc(OCc3ccc4nsnc4c3)cc2)n1. The summed E-state index contributed by atoms with van der Waals surface area (Å²) >= 11 is 2.62. The third-order valence-electron chi connectivity index (χ3n) is 3.50. The minimum absolute atomic E-state index is 0.480. The highest BCUT2D eigenvalue weighted by Crippen LogP contribution is 2.18. The minimum Gasteiger partial charge on any atom is -0.489 e. The van der Waals surface area contributed by atoms with E-state index in [4.69, 9.17) is 10.5 Å². The van der Waals surface area contributed by atoms with Gasteiger partial charge in [-0.15, -0.1) is 11.3 Å². The number of benzene rings is 2. The van der Waals surface area contributed by atoms with Crippen LogP contribution in [0.2, 0.25) is 0 Å². The molecule has 2 aromatic heterocycles. The zero-order chi connectivity index (χ0) is 17.8. The zero-order valence-electron chi connectivity index (χ0n) is 13.5. The molecule has 3 N–H and O–H groups in total. The van der Waals surface area contributed by atoms with Gasteiger partial charge in [0.15, 0.2) is 0 Å². The summed E-state index contributed by atoms with van der Waals surface area (Å²) in [4.78, 5) is 4.07. The van der Waals surface area contributed by atoms with E-state index in [0.717, 1.165) is 27.9 Å². The van der Waals surface area contributed by atoms with Crippen LogP contribution in [0.15, 0.2) is 52.9 Å². The molecule has 4 aromatic rings. The van der Waals surface area contributed by atoms with Crippen LogP contribution in [0, 0.1) is 0 Å². The number of nitrogens with zero attached hydrogens (tertiary/aromatic N) is 4. The molecule has 0 aliphatic heterocycles. The van der Waals surface area contributed by atoms with Crippen molar-refractivity contribution in [2.45, 2.75) is 6.61 Å². The number of rotatable bonds is 6. The predicted octanol–water partition coefficient (Wildman–Crippen LogP) is 3.76. The number of nitrogen functional groups attached to an aromatic ring is 1. The van der Waals surface area contributed by atoms with Crippen LogP contribution in [-0.4, -0.2) is 19.9 Å². The van der Waals surface area contributed by atoms with Crippen molar-refractivity contribution < 1.29 is 4.74 Å². The van der Waals surface area contributed by atoms with Crippen molar-refractivity contribution in [1.82, 2.24) is 13.7 Å². The molecule has 0 saturated carbocycles. The second kappa shape index (κ2) is 7.46. The first-order valence-electron chi connectivity index (χ1n) is 7.70. The van der Waals surface area contributed by atoms with Crippen LogP contribution < -0.4 is 15.9 Å². The molecule has 0 bridgehead atoms. The van der Waals surface area contributed by atoms with E-state index < -0.39 is 0 Å². The molecule has 0 saturated heterocycles. The van der Waals surface area contributed by atoms with E-state index in [9.17, 15) is 0 Å². The number of aromatic nitrogens is 3. The van der Waals surface area contributed by atoms with Gasteiger partial charge in [-0.3, -0.25) is 5.43 Å². The molecule has 2 aromatic carbocycles. The molecule has 0 aliphatic carbocycles. The molecule has 0 fully saturated rings. The lowest BCUT2D eigenvalue weighted by molar-refractivity contribution is 0.306. The van der Waals surface area contributed by atoms with Gasteiger partial charge in [0.05, 0.1) is 17.9 Å². The fraction of sp³-hybridized carbons (Fsp3) is 0.0588. The van der Waals surface area contributed by atoms with Crippen LogP contribution in [0.25, 0.3) is 11.0 Å².